The summed E-state index contributed by atoms with van der Waals surface area (Å²) in [5.41, 5.74) is 12.0. The summed E-state index contributed by atoms with van der Waals surface area (Å²) in [7, 11) is 0. The van der Waals surface area contributed by atoms with Crippen LogP contribution in [0.15, 0.2) is 52.5 Å². The zero-order chi connectivity index (χ0) is 30.8. The zero-order valence-corrected chi connectivity index (χ0v) is 26.0. The molecule has 2 aliphatic rings. The van der Waals surface area contributed by atoms with Crippen molar-refractivity contribution in [2.24, 2.45) is 40.1 Å². The molecule has 1 fully saturated rings. The SMILES string of the molecule is CC(C)C[C@H](NC(=O)[C@@H](NC(=O)c1ccc(CN=C(N)N)cc1)C(C)C)C(=O)NC1CCCC[C@H]1C1C=C(Cl)C=CC1. The van der Waals surface area contributed by atoms with Crippen LogP contribution >= 0.6 is 11.6 Å². The van der Waals surface area contributed by atoms with Crippen LogP contribution in [0.25, 0.3) is 0 Å². The molecule has 5 atom stereocenters. The molecule has 10 heteroatoms. The lowest BCUT2D eigenvalue weighted by atomic mass is 9.74. The molecule has 7 N–H and O–H groups in total. The van der Waals surface area contributed by atoms with Crippen LogP contribution in [0.4, 0.5) is 0 Å². The molecule has 0 bridgehead atoms. The molecule has 2 unspecified atom stereocenters. The summed E-state index contributed by atoms with van der Waals surface area (Å²) >= 11 is 6.31. The monoisotopic (exact) mass is 598 g/mol. The second-order valence-electron chi connectivity index (χ2n) is 12.2. The predicted octanol–water partition coefficient (Wildman–Crippen LogP) is 4.12. The smallest absolute Gasteiger partial charge is 0.251 e. The van der Waals surface area contributed by atoms with Crippen molar-refractivity contribution in [1.82, 2.24) is 16.0 Å². The normalized spacial score (nSPS) is 21.7. The first-order valence-corrected chi connectivity index (χ1v) is 15.4. The number of nitrogens with one attached hydrogen (secondary N) is 3. The van der Waals surface area contributed by atoms with Crippen LogP contribution in [-0.4, -0.2) is 41.8 Å². The highest BCUT2D eigenvalue weighted by molar-refractivity contribution is 6.31. The minimum atomic E-state index is -0.815. The third kappa shape index (κ3) is 9.89. The van der Waals surface area contributed by atoms with Crippen molar-refractivity contribution >= 4 is 35.3 Å². The van der Waals surface area contributed by atoms with E-state index in [9.17, 15) is 14.4 Å². The van der Waals surface area contributed by atoms with Crippen LogP contribution < -0.4 is 27.4 Å². The van der Waals surface area contributed by atoms with E-state index in [2.05, 4.69) is 33.1 Å². The number of hydrogen-bond acceptors (Lipinski definition) is 4. The van der Waals surface area contributed by atoms with Gasteiger partial charge in [0.15, 0.2) is 5.96 Å². The van der Waals surface area contributed by atoms with Gasteiger partial charge in [0.2, 0.25) is 11.8 Å². The topological polar surface area (TPSA) is 152 Å². The lowest BCUT2D eigenvalue weighted by molar-refractivity contribution is -0.131. The largest absolute Gasteiger partial charge is 0.370 e. The van der Waals surface area contributed by atoms with Crippen LogP contribution in [0.5, 0.6) is 0 Å². The average molecular weight is 599 g/mol. The second kappa shape index (κ2) is 15.8. The molecule has 0 aliphatic heterocycles. The number of guanidine groups is 1. The lowest BCUT2D eigenvalue weighted by Gasteiger charge is -2.38. The van der Waals surface area contributed by atoms with E-state index in [1.807, 2.05) is 33.8 Å². The van der Waals surface area contributed by atoms with Crippen molar-refractivity contribution in [3.05, 3.63) is 58.7 Å². The highest BCUT2D eigenvalue weighted by Gasteiger charge is 2.35. The summed E-state index contributed by atoms with van der Waals surface area (Å²) < 4.78 is 0. The Labute approximate surface area is 255 Å². The van der Waals surface area contributed by atoms with Gasteiger partial charge in [-0.15, -0.1) is 0 Å². The Morgan fingerprint density at radius 3 is 2.31 bits per heavy atom. The minimum Gasteiger partial charge on any atom is -0.370 e. The number of benzene rings is 1. The van der Waals surface area contributed by atoms with Crippen LogP contribution in [0.3, 0.4) is 0 Å². The molecule has 1 aromatic rings. The molecule has 2 aliphatic carbocycles. The number of aliphatic imine (C=N–C) groups is 1. The molecule has 0 heterocycles. The molecular weight excluding hydrogens is 552 g/mol. The Morgan fingerprint density at radius 2 is 1.69 bits per heavy atom. The Hall–Kier alpha value is -3.33. The summed E-state index contributed by atoms with van der Waals surface area (Å²) in [6.45, 7) is 8.09. The van der Waals surface area contributed by atoms with Gasteiger partial charge in [0.1, 0.15) is 12.1 Å². The highest BCUT2D eigenvalue weighted by Crippen LogP contribution is 2.36. The standard InChI is InChI=1S/C32H47ClN6O3/c1-19(2)16-27(30(41)37-26-11-6-5-10-25(26)23-8-7-9-24(33)17-23)38-31(42)28(20(3)4)39-29(40)22-14-12-21(13-15-22)18-36-32(34)35/h7,9,12-15,17,19-20,23,25-28H,5-6,8,10-11,16,18H2,1-4H3,(H,37,41)(H,38,42)(H,39,40)(H4,34,35,36)/t23?,25-,26?,27-,28-/m0/s1. The highest BCUT2D eigenvalue weighted by atomic mass is 35.5. The summed E-state index contributed by atoms with van der Waals surface area (Å²) in [6.07, 6.45) is 11.7. The summed E-state index contributed by atoms with van der Waals surface area (Å²) in [5.74, 6) is -0.377. The quantitative estimate of drug-likeness (QED) is 0.181. The first-order valence-electron chi connectivity index (χ1n) is 15.0. The number of nitrogens with two attached hydrogens (primary N) is 2. The van der Waals surface area contributed by atoms with Gasteiger partial charge >= 0.3 is 0 Å². The Morgan fingerprint density at radius 1 is 1.00 bits per heavy atom. The van der Waals surface area contributed by atoms with Gasteiger partial charge in [0, 0.05) is 16.6 Å². The van der Waals surface area contributed by atoms with E-state index < -0.39 is 12.1 Å². The van der Waals surface area contributed by atoms with Crippen molar-refractivity contribution in [2.75, 3.05) is 0 Å². The van der Waals surface area contributed by atoms with Crippen LogP contribution in [0.2, 0.25) is 0 Å². The molecular formula is C32H47ClN6O3. The van der Waals surface area contributed by atoms with Crippen LogP contribution in [0.1, 0.15) is 82.1 Å². The number of amides is 3. The molecule has 0 saturated heterocycles. The van der Waals surface area contributed by atoms with Gasteiger partial charge in [-0.2, -0.15) is 0 Å². The van der Waals surface area contributed by atoms with E-state index in [0.717, 1.165) is 42.7 Å². The van der Waals surface area contributed by atoms with Gasteiger partial charge in [0.05, 0.1) is 6.54 Å². The van der Waals surface area contributed by atoms with E-state index in [1.165, 1.54) is 0 Å². The van der Waals surface area contributed by atoms with Crippen molar-refractivity contribution in [1.29, 1.82) is 0 Å². The molecule has 3 amide bonds. The average Bonchev–Trinajstić information content (AvgIpc) is 2.94. The minimum absolute atomic E-state index is 0.00525. The molecule has 3 rings (SSSR count). The Balaban J connectivity index is 1.68. The number of carbonyl (C=O) groups excluding carboxylic acids is 3. The van der Waals surface area contributed by atoms with E-state index >= 15 is 0 Å². The van der Waals surface area contributed by atoms with Gasteiger partial charge in [-0.1, -0.05) is 76.4 Å². The molecule has 0 aromatic heterocycles. The summed E-state index contributed by atoms with van der Waals surface area (Å²) in [4.78, 5) is 44.2. The van der Waals surface area contributed by atoms with Gasteiger partial charge in [-0.3, -0.25) is 14.4 Å². The third-order valence-electron chi connectivity index (χ3n) is 7.99. The van der Waals surface area contributed by atoms with Crippen molar-refractivity contribution in [3.63, 3.8) is 0 Å². The maximum absolute atomic E-state index is 13.6. The maximum atomic E-state index is 13.6. The fourth-order valence-electron chi connectivity index (χ4n) is 5.77. The van der Waals surface area contributed by atoms with E-state index in [0.29, 0.717) is 24.4 Å². The van der Waals surface area contributed by atoms with Crippen molar-refractivity contribution in [2.45, 2.75) is 90.9 Å². The van der Waals surface area contributed by atoms with Crippen LogP contribution in [-0.2, 0) is 16.1 Å². The molecule has 1 aromatic carbocycles. The number of allylic oxidation sites excluding steroid dienone is 4. The molecule has 1 saturated carbocycles. The number of rotatable bonds is 12. The van der Waals surface area contributed by atoms with Crippen molar-refractivity contribution < 1.29 is 14.4 Å². The lowest BCUT2D eigenvalue weighted by Crippen LogP contribution is -2.57. The number of carbonyl (C=O) groups is 3. The number of halogens is 1. The van der Waals surface area contributed by atoms with Gasteiger partial charge in [0.25, 0.3) is 5.91 Å². The predicted molar refractivity (Wildman–Crippen MR) is 169 cm³/mol. The number of hydrogen-bond donors (Lipinski definition) is 5. The fraction of sp³-hybridized carbons (Fsp3) is 0.562. The van der Waals surface area contributed by atoms with Gasteiger partial charge < -0.3 is 27.4 Å². The molecule has 9 nitrogen and oxygen atoms in total. The van der Waals surface area contributed by atoms with Gasteiger partial charge in [-0.25, -0.2) is 4.99 Å². The van der Waals surface area contributed by atoms with E-state index in [4.69, 9.17) is 23.1 Å². The molecule has 230 valence electrons. The van der Waals surface area contributed by atoms with E-state index in [1.54, 1.807) is 24.3 Å². The third-order valence-corrected chi connectivity index (χ3v) is 8.24. The zero-order valence-electron chi connectivity index (χ0n) is 25.2. The molecule has 0 spiro atoms. The molecule has 0 radical (unpaired) electrons. The maximum Gasteiger partial charge on any atom is 0.251 e. The first kappa shape index (κ1) is 33.2. The van der Waals surface area contributed by atoms with E-state index in [-0.39, 0.29) is 47.5 Å². The summed E-state index contributed by atoms with van der Waals surface area (Å²) in [5, 5.41) is 9.86. The first-order chi connectivity index (χ1) is 19.9. The number of nitrogens with zero attached hydrogens (tertiary/aromatic N) is 1. The van der Waals surface area contributed by atoms with Crippen LogP contribution in [0, 0.1) is 23.7 Å². The Bertz CT molecular complexity index is 1170. The van der Waals surface area contributed by atoms with Crippen molar-refractivity contribution in [3.8, 4) is 0 Å². The Kier molecular flexibility index (Phi) is 12.5. The summed E-state index contributed by atoms with van der Waals surface area (Å²) in [6, 6.07) is 5.36. The second-order valence-corrected chi connectivity index (χ2v) is 12.7. The van der Waals surface area contributed by atoms with Gasteiger partial charge in [-0.05, 0) is 73.1 Å². The fourth-order valence-corrected chi connectivity index (χ4v) is 6.02. The molecule has 42 heavy (non-hydrogen) atoms.